The van der Waals surface area contributed by atoms with E-state index in [1.54, 1.807) is 0 Å². The van der Waals surface area contributed by atoms with Crippen LogP contribution in [0.3, 0.4) is 0 Å². The van der Waals surface area contributed by atoms with Crippen LogP contribution in [-0.2, 0) is 11.8 Å². The minimum absolute atomic E-state index is 0.0490. The summed E-state index contributed by atoms with van der Waals surface area (Å²) in [5, 5.41) is 0. The van der Waals surface area contributed by atoms with Crippen LogP contribution in [0.2, 0.25) is 0 Å². The fraction of sp³-hybridized carbons (Fsp3) is 0.333. The highest BCUT2D eigenvalue weighted by molar-refractivity contribution is 5.33. The Morgan fingerprint density at radius 3 is 2.16 bits per heavy atom. The van der Waals surface area contributed by atoms with Gasteiger partial charge in [0.2, 0.25) is 0 Å². The molecule has 0 saturated carbocycles. The van der Waals surface area contributed by atoms with E-state index in [2.05, 4.69) is 68.4 Å². The zero-order valence-electron chi connectivity index (χ0n) is 11.9. The molecule has 1 heteroatoms. The second-order valence-corrected chi connectivity index (χ2v) is 5.31. The maximum absolute atomic E-state index is 6.15. The van der Waals surface area contributed by atoms with Gasteiger partial charge in [-0.05, 0) is 36.5 Å². The van der Waals surface area contributed by atoms with Crippen molar-refractivity contribution < 1.29 is 0 Å². The smallest absolute Gasteiger partial charge is 0.0113 e. The number of hydrogen-bond acceptors (Lipinski definition) is 1. The Morgan fingerprint density at radius 1 is 0.947 bits per heavy atom. The van der Waals surface area contributed by atoms with Crippen LogP contribution in [0.1, 0.15) is 30.0 Å². The van der Waals surface area contributed by atoms with Crippen LogP contribution in [0.5, 0.6) is 0 Å². The van der Waals surface area contributed by atoms with Crippen LogP contribution in [0.15, 0.2) is 54.6 Å². The summed E-state index contributed by atoms with van der Waals surface area (Å²) in [4.78, 5) is 0. The van der Waals surface area contributed by atoms with E-state index in [1.807, 2.05) is 0 Å². The van der Waals surface area contributed by atoms with Crippen molar-refractivity contribution >= 4 is 0 Å². The number of nitrogens with two attached hydrogens (primary N) is 1. The van der Waals surface area contributed by atoms with Crippen LogP contribution in [-0.4, -0.2) is 6.54 Å². The van der Waals surface area contributed by atoms with Gasteiger partial charge in [0, 0.05) is 12.0 Å². The Labute approximate surface area is 116 Å². The molecule has 0 aliphatic heterocycles. The standard InChI is InChI=1S/C18H23N/c1-3-18(14-19,17-11-5-4-6-12-17)13-16-10-8-7-9-15(16)2/h4-12H,3,13-14,19H2,1-2H3. The van der Waals surface area contributed by atoms with E-state index in [9.17, 15) is 0 Å². The molecule has 2 aromatic carbocycles. The number of rotatable bonds is 5. The summed E-state index contributed by atoms with van der Waals surface area (Å²) in [6, 6.07) is 19.3. The van der Waals surface area contributed by atoms with Gasteiger partial charge in [-0.3, -0.25) is 0 Å². The Morgan fingerprint density at radius 2 is 1.58 bits per heavy atom. The van der Waals surface area contributed by atoms with Gasteiger partial charge in [-0.1, -0.05) is 61.5 Å². The molecule has 0 fully saturated rings. The summed E-state index contributed by atoms with van der Waals surface area (Å²) in [6.45, 7) is 5.09. The quantitative estimate of drug-likeness (QED) is 0.860. The molecule has 0 bridgehead atoms. The van der Waals surface area contributed by atoms with Crippen molar-refractivity contribution in [2.45, 2.75) is 32.1 Å². The van der Waals surface area contributed by atoms with Gasteiger partial charge in [-0.25, -0.2) is 0 Å². The van der Waals surface area contributed by atoms with E-state index < -0.39 is 0 Å². The highest BCUT2D eigenvalue weighted by atomic mass is 14.6. The van der Waals surface area contributed by atoms with Crippen molar-refractivity contribution in [3.8, 4) is 0 Å². The molecule has 0 aliphatic carbocycles. The monoisotopic (exact) mass is 253 g/mol. The fourth-order valence-corrected chi connectivity index (χ4v) is 2.73. The first-order valence-corrected chi connectivity index (χ1v) is 7.02. The van der Waals surface area contributed by atoms with Crippen molar-refractivity contribution in [2.24, 2.45) is 5.73 Å². The predicted octanol–water partition coefficient (Wildman–Crippen LogP) is 3.84. The van der Waals surface area contributed by atoms with E-state index in [4.69, 9.17) is 5.73 Å². The summed E-state index contributed by atoms with van der Waals surface area (Å²) in [5.74, 6) is 0. The van der Waals surface area contributed by atoms with E-state index in [0.29, 0.717) is 6.54 Å². The summed E-state index contributed by atoms with van der Waals surface area (Å²) in [7, 11) is 0. The largest absolute Gasteiger partial charge is 0.330 e. The molecule has 1 unspecified atom stereocenters. The average molecular weight is 253 g/mol. The third kappa shape index (κ3) is 2.87. The molecule has 2 N–H and O–H groups in total. The third-order valence-corrected chi connectivity index (χ3v) is 4.24. The minimum atomic E-state index is 0.0490. The second kappa shape index (κ2) is 6.03. The SMILES string of the molecule is CCC(CN)(Cc1ccccc1C)c1ccccc1. The molecular weight excluding hydrogens is 230 g/mol. The molecule has 100 valence electrons. The van der Waals surface area contributed by atoms with E-state index in [-0.39, 0.29) is 5.41 Å². The Balaban J connectivity index is 2.38. The van der Waals surface area contributed by atoms with Gasteiger partial charge in [0.25, 0.3) is 0 Å². The van der Waals surface area contributed by atoms with Gasteiger partial charge in [0.15, 0.2) is 0 Å². The van der Waals surface area contributed by atoms with Gasteiger partial charge in [-0.2, -0.15) is 0 Å². The molecule has 1 nitrogen and oxygen atoms in total. The highest BCUT2D eigenvalue weighted by Gasteiger charge is 2.29. The van der Waals surface area contributed by atoms with E-state index in [0.717, 1.165) is 12.8 Å². The zero-order valence-corrected chi connectivity index (χ0v) is 11.9. The third-order valence-electron chi connectivity index (χ3n) is 4.24. The number of hydrogen-bond donors (Lipinski definition) is 1. The van der Waals surface area contributed by atoms with Crippen LogP contribution >= 0.6 is 0 Å². The van der Waals surface area contributed by atoms with Crippen LogP contribution in [0, 0.1) is 6.92 Å². The molecule has 0 radical (unpaired) electrons. The lowest BCUT2D eigenvalue weighted by molar-refractivity contribution is 0.417. The maximum Gasteiger partial charge on any atom is 0.0113 e. The first kappa shape index (κ1) is 13.8. The van der Waals surface area contributed by atoms with Crippen LogP contribution in [0.25, 0.3) is 0 Å². The second-order valence-electron chi connectivity index (χ2n) is 5.31. The van der Waals surface area contributed by atoms with Gasteiger partial charge in [0.05, 0.1) is 0 Å². The zero-order chi connectivity index (χ0) is 13.7. The van der Waals surface area contributed by atoms with Gasteiger partial charge >= 0.3 is 0 Å². The average Bonchev–Trinajstić information content (AvgIpc) is 2.48. The first-order valence-electron chi connectivity index (χ1n) is 7.02. The van der Waals surface area contributed by atoms with Crippen molar-refractivity contribution in [3.63, 3.8) is 0 Å². The molecular formula is C18H23N. The van der Waals surface area contributed by atoms with Crippen molar-refractivity contribution in [2.75, 3.05) is 6.54 Å². The first-order chi connectivity index (χ1) is 9.22. The maximum atomic E-state index is 6.15. The Hall–Kier alpha value is -1.60. The molecule has 2 aromatic rings. The minimum Gasteiger partial charge on any atom is -0.330 e. The van der Waals surface area contributed by atoms with Gasteiger partial charge in [0.1, 0.15) is 0 Å². The molecule has 0 amide bonds. The molecule has 19 heavy (non-hydrogen) atoms. The number of aryl methyl sites for hydroxylation is 1. The molecule has 1 atom stereocenters. The molecule has 0 heterocycles. The summed E-state index contributed by atoms with van der Waals surface area (Å²) >= 11 is 0. The molecule has 2 rings (SSSR count). The summed E-state index contributed by atoms with van der Waals surface area (Å²) < 4.78 is 0. The van der Waals surface area contributed by atoms with Crippen molar-refractivity contribution in [1.29, 1.82) is 0 Å². The molecule has 0 spiro atoms. The highest BCUT2D eigenvalue weighted by Crippen LogP contribution is 2.31. The normalized spacial score (nSPS) is 14.1. The Kier molecular flexibility index (Phi) is 4.39. The van der Waals surface area contributed by atoms with E-state index in [1.165, 1.54) is 16.7 Å². The lowest BCUT2D eigenvalue weighted by atomic mass is 9.73. The van der Waals surface area contributed by atoms with E-state index >= 15 is 0 Å². The van der Waals surface area contributed by atoms with Crippen molar-refractivity contribution in [1.82, 2.24) is 0 Å². The molecule has 0 aliphatic rings. The Bertz CT molecular complexity index is 512. The summed E-state index contributed by atoms with van der Waals surface area (Å²) in [5.41, 5.74) is 10.3. The number of benzene rings is 2. The van der Waals surface area contributed by atoms with Crippen LogP contribution < -0.4 is 5.73 Å². The molecule has 0 saturated heterocycles. The van der Waals surface area contributed by atoms with Gasteiger partial charge < -0.3 is 5.73 Å². The summed E-state index contributed by atoms with van der Waals surface area (Å²) in [6.07, 6.45) is 2.07. The lowest BCUT2D eigenvalue weighted by Crippen LogP contribution is -2.37. The predicted molar refractivity (Wildman–Crippen MR) is 82.3 cm³/mol. The van der Waals surface area contributed by atoms with Gasteiger partial charge in [-0.15, -0.1) is 0 Å². The molecule has 0 aromatic heterocycles. The topological polar surface area (TPSA) is 26.0 Å². The fourth-order valence-electron chi connectivity index (χ4n) is 2.73. The lowest BCUT2D eigenvalue weighted by Gasteiger charge is -2.33. The van der Waals surface area contributed by atoms with Crippen LogP contribution in [0.4, 0.5) is 0 Å². The van der Waals surface area contributed by atoms with Crippen molar-refractivity contribution in [3.05, 3.63) is 71.3 Å².